The van der Waals surface area contributed by atoms with E-state index in [9.17, 15) is 18.7 Å². The van der Waals surface area contributed by atoms with Crippen LogP contribution in [0.4, 0.5) is 8.78 Å². The summed E-state index contributed by atoms with van der Waals surface area (Å²) in [4.78, 5) is 16.2. The van der Waals surface area contributed by atoms with Gasteiger partial charge in [-0.05, 0) is 54.8 Å². The fourth-order valence-corrected chi connectivity index (χ4v) is 5.99. The van der Waals surface area contributed by atoms with Gasteiger partial charge in [0, 0.05) is 30.5 Å². The highest BCUT2D eigenvalue weighted by Gasteiger charge is 2.42. The van der Waals surface area contributed by atoms with E-state index in [1.54, 1.807) is 25.1 Å². The lowest BCUT2D eigenvalue weighted by Gasteiger charge is -2.28. The number of benzene rings is 3. The first-order valence-electron chi connectivity index (χ1n) is 14.0. The van der Waals surface area contributed by atoms with E-state index < -0.39 is 23.4 Å². The number of carbonyl (C=O) groups is 1. The van der Waals surface area contributed by atoms with E-state index in [2.05, 4.69) is 11.1 Å². The SMILES string of the molecule is C[C@]1(c2ccc(Cl)cc2F)Oc2cccc(C3=CC[C@@H](Cc4nc5c(F)cc(C(=O)O)cc5n4C[C@@H]4CCO4)OC3)c2O1. The largest absolute Gasteiger partial charge is 0.478 e. The Kier molecular flexibility index (Phi) is 6.87. The minimum absolute atomic E-state index is 0.0408. The maximum Gasteiger partial charge on any atom is 0.335 e. The Morgan fingerprint density at radius 2 is 1.95 bits per heavy atom. The number of aromatic nitrogens is 2. The standard InChI is InChI=1S/C32H27ClF2N2O6/c1-32(23-8-6-19(33)13-24(23)34)42-27-4-2-3-22(30(27)43-32)17-5-7-20(41-16-17)14-28-36-29-25(35)11-18(31(38)39)12-26(29)37(28)15-21-9-10-40-21/h2-6,8,11-13,20-21H,7,9-10,14-16H2,1H3,(H,38,39)/t20-,21-,32-/m0/s1. The number of para-hydroxylation sites is 1. The van der Waals surface area contributed by atoms with Crippen molar-refractivity contribution in [1.82, 2.24) is 9.55 Å². The summed E-state index contributed by atoms with van der Waals surface area (Å²) in [5.41, 5.74) is 2.33. The molecule has 4 aromatic rings. The molecule has 0 unspecified atom stereocenters. The summed E-state index contributed by atoms with van der Waals surface area (Å²) in [6, 6.07) is 12.3. The lowest BCUT2D eigenvalue weighted by atomic mass is 9.99. The molecule has 3 aliphatic heterocycles. The van der Waals surface area contributed by atoms with Crippen molar-refractivity contribution in [2.45, 2.75) is 50.7 Å². The molecule has 3 atom stereocenters. The highest BCUT2D eigenvalue weighted by Crippen LogP contribution is 2.48. The summed E-state index contributed by atoms with van der Waals surface area (Å²) >= 11 is 5.94. The molecule has 4 heterocycles. The molecule has 0 spiro atoms. The summed E-state index contributed by atoms with van der Waals surface area (Å²) in [7, 11) is 0. The minimum Gasteiger partial charge on any atom is -0.478 e. The van der Waals surface area contributed by atoms with Gasteiger partial charge in [-0.1, -0.05) is 29.8 Å². The molecule has 1 fully saturated rings. The average molecular weight is 609 g/mol. The third-order valence-electron chi connectivity index (χ3n) is 8.17. The molecular formula is C32H27ClF2N2O6. The molecule has 3 aromatic carbocycles. The first-order chi connectivity index (χ1) is 20.7. The smallest absolute Gasteiger partial charge is 0.335 e. The molecule has 0 radical (unpaired) electrons. The zero-order chi connectivity index (χ0) is 29.9. The molecule has 0 aliphatic carbocycles. The molecule has 0 saturated carbocycles. The molecule has 1 N–H and O–H groups in total. The predicted molar refractivity (Wildman–Crippen MR) is 154 cm³/mol. The zero-order valence-electron chi connectivity index (χ0n) is 23.1. The molecule has 1 saturated heterocycles. The Balaban J connectivity index is 1.13. The number of hydrogen-bond donors (Lipinski definition) is 1. The molecule has 8 nitrogen and oxygen atoms in total. The molecule has 7 rings (SSSR count). The van der Waals surface area contributed by atoms with Crippen LogP contribution in [0.25, 0.3) is 16.6 Å². The summed E-state index contributed by atoms with van der Waals surface area (Å²) in [5.74, 6) is -2.18. The lowest BCUT2D eigenvalue weighted by molar-refractivity contribution is -0.0708. The highest BCUT2D eigenvalue weighted by molar-refractivity contribution is 6.30. The summed E-state index contributed by atoms with van der Waals surface area (Å²) in [6.07, 6.45) is 3.59. The molecule has 0 amide bonds. The van der Waals surface area contributed by atoms with Crippen LogP contribution >= 0.6 is 11.6 Å². The van der Waals surface area contributed by atoms with E-state index in [4.69, 9.17) is 30.5 Å². The second-order valence-corrected chi connectivity index (χ2v) is 11.5. The maximum absolute atomic E-state index is 14.9. The van der Waals surface area contributed by atoms with Crippen LogP contribution in [-0.4, -0.2) is 46.0 Å². The van der Waals surface area contributed by atoms with Gasteiger partial charge < -0.3 is 28.6 Å². The number of aromatic carboxylic acids is 1. The van der Waals surface area contributed by atoms with Gasteiger partial charge >= 0.3 is 5.97 Å². The summed E-state index contributed by atoms with van der Waals surface area (Å²) < 4.78 is 55.7. The van der Waals surface area contributed by atoms with Gasteiger partial charge in [0.25, 0.3) is 5.79 Å². The maximum atomic E-state index is 14.9. The number of rotatable bonds is 7. The number of carboxylic acid groups (broad SMARTS) is 1. The van der Waals surface area contributed by atoms with Gasteiger partial charge in [-0.15, -0.1) is 0 Å². The minimum atomic E-state index is -1.37. The van der Waals surface area contributed by atoms with Crippen LogP contribution in [0.1, 0.15) is 47.1 Å². The number of imidazole rings is 1. The Labute approximate surface area is 250 Å². The number of nitrogens with zero attached hydrogens (tertiary/aromatic N) is 2. The van der Waals surface area contributed by atoms with Crippen molar-refractivity contribution in [2.24, 2.45) is 0 Å². The van der Waals surface area contributed by atoms with Crippen molar-refractivity contribution in [1.29, 1.82) is 0 Å². The summed E-state index contributed by atoms with van der Waals surface area (Å²) in [6.45, 7) is 3.04. The van der Waals surface area contributed by atoms with E-state index in [0.29, 0.717) is 48.8 Å². The van der Waals surface area contributed by atoms with Gasteiger partial charge in [-0.3, -0.25) is 0 Å². The Hall–Kier alpha value is -3.99. The number of carboxylic acids is 1. The van der Waals surface area contributed by atoms with Gasteiger partial charge in [0.05, 0.1) is 42.0 Å². The molecule has 0 bridgehead atoms. The topological polar surface area (TPSA) is 92.0 Å². The van der Waals surface area contributed by atoms with Crippen molar-refractivity contribution < 1.29 is 37.6 Å². The van der Waals surface area contributed by atoms with Gasteiger partial charge in [-0.25, -0.2) is 18.6 Å². The highest BCUT2D eigenvalue weighted by atomic mass is 35.5. The van der Waals surface area contributed by atoms with Crippen molar-refractivity contribution in [2.75, 3.05) is 13.2 Å². The summed E-state index contributed by atoms with van der Waals surface area (Å²) in [5, 5.41) is 9.75. The van der Waals surface area contributed by atoms with Crippen LogP contribution in [0.3, 0.4) is 0 Å². The normalized spacial score (nSPS) is 22.8. The third-order valence-corrected chi connectivity index (χ3v) is 8.41. The van der Waals surface area contributed by atoms with Gasteiger partial charge in [-0.2, -0.15) is 0 Å². The molecular weight excluding hydrogens is 582 g/mol. The first-order valence-corrected chi connectivity index (χ1v) is 14.4. The van der Waals surface area contributed by atoms with Crippen LogP contribution in [0.15, 0.2) is 54.6 Å². The van der Waals surface area contributed by atoms with Crippen LogP contribution in [0.5, 0.6) is 11.5 Å². The number of ether oxygens (including phenoxy) is 4. The van der Waals surface area contributed by atoms with Gasteiger partial charge in [0.15, 0.2) is 17.3 Å². The second-order valence-electron chi connectivity index (χ2n) is 11.1. The predicted octanol–water partition coefficient (Wildman–Crippen LogP) is 6.51. The molecule has 11 heteroatoms. The molecule has 1 aromatic heterocycles. The van der Waals surface area contributed by atoms with Crippen molar-refractivity contribution in [3.05, 3.63) is 93.8 Å². The zero-order valence-corrected chi connectivity index (χ0v) is 23.9. The van der Waals surface area contributed by atoms with E-state index in [0.717, 1.165) is 23.6 Å². The van der Waals surface area contributed by atoms with E-state index >= 15 is 0 Å². The molecule has 3 aliphatic rings. The van der Waals surface area contributed by atoms with E-state index in [1.807, 2.05) is 16.7 Å². The van der Waals surface area contributed by atoms with E-state index in [1.165, 1.54) is 12.1 Å². The van der Waals surface area contributed by atoms with E-state index in [-0.39, 0.29) is 40.5 Å². The van der Waals surface area contributed by atoms with Gasteiger partial charge in [0.1, 0.15) is 17.2 Å². The fourth-order valence-electron chi connectivity index (χ4n) is 5.83. The first kappa shape index (κ1) is 27.8. The van der Waals surface area contributed by atoms with Crippen molar-refractivity contribution >= 4 is 34.2 Å². The Morgan fingerprint density at radius 1 is 1.12 bits per heavy atom. The van der Waals surface area contributed by atoms with Crippen LogP contribution in [0, 0.1) is 11.6 Å². The number of hydrogen-bond acceptors (Lipinski definition) is 6. The van der Waals surface area contributed by atoms with Gasteiger partial charge in [0.2, 0.25) is 0 Å². The second kappa shape index (κ2) is 10.6. The van der Waals surface area contributed by atoms with Crippen molar-refractivity contribution in [3.8, 4) is 11.5 Å². The molecule has 222 valence electrons. The number of halogens is 3. The third kappa shape index (κ3) is 5.03. The van der Waals surface area contributed by atoms with Crippen LogP contribution in [-0.2, 0) is 28.2 Å². The molecule has 43 heavy (non-hydrogen) atoms. The Bertz CT molecular complexity index is 1800. The fraction of sp³-hybridized carbons (Fsp3) is 0.312. The van der Waals surface area contributed by atoms with Crippen molar-refractivity contribution in [3.63, 3.8) is 0 Å². The van der Waals surface area contributed by atoms with Crippen LogP contribution < -0.4 is 9.47 Å². The Morgan fingerprint density at radius 3 is 2.65 bits per heavy atom. The quantitative estimate of drug-likeness (QED) is 0.256. The van der Waals surface area contributed by atoms with Crippen LogP contribution in [0.2, 0.25) is 5.02 Å². The lowest BCUT2D eigenvalue weighted by Crippen LogP contribution is -2.32. The monoisotopic (exact) mass is 608 g/mol. The number of fused-ring (bicyclic) bond motifs is 2. The average Bonchev–Trinajstić information content (AvgIpc) is 3.48.